The fourth-order valence-electron chi connectivity index (χ4n) is 0.981. The molecule has 0 unspecified atom stereocenters. The second kappa shape index (κ2) is 2.81. The minimum atomic E-state index is -0.287. The Kier molecular flexibility index (Phi) is 2.13. The van der Waals surface area contributed by atoms with Crippen molar-refractivity contribution in [1.29, 1.82) is 0 Å². The number of aryl methyl sites for hydroxylation is 1. The predicted octanol–water partition coefficient (Wildman–Crippen LogP) is 2.22. The largest absolute Gasteiger partial charge is 0.239 e. The standard InChI is InChI=1S/C9H13FN2/c1-6-7(10)8(9(2,3)4)12-5-11-6/h5H,1-4H3. The van der Waals surface area contributed by atoms with Gasteiger partial charge in [0.15, 0.2) is 5.82 Å². The highest BCUT2D eigenvalue weighted by molar-refractivity contribution is 5.17. The molecule has 1 aromatic heterocycles. The van der Waals surface area contributed by atoms with Gasteiger partial charge in [-0.2, -0.15) is 0 Å². The van der Waals surface area contributed by atoms with Crippen molar-refractivity contribution in [3.05, 3.63) is 23.5 Å². The smallest absolute Gasteiger partial charge is 0.166 e. The molecule has 0 aliphatic rings. The van der Waals surface area contributed by atoms with Gasteiger partial charge in [0, 0.05) is 5.41 Å². The van der Waals surface area contributed by atoms with Crippen LogP contribution < -0.4 is 0 Å². The molecule has 0 radical (unpaired) electrons. The topological polar surface area (TPSA) is 25.8 Å². The number of aromatic nitrogens is 2. The van der Waals surface area contributed by atoms with Crippen LogP contribution in [-0.2, 0) is 5.41 Å². The van der Waals surface area contributed by atoms with Crippen LogP contribution in [0.3, 0.4) is 0 Å². The van der Waals surface area contributed by atoms with E-state index in [1.54, 1.807) is 6.92 Å². The number of hydrogen-bond acceptors (Lipinski definition) is 2. The minimum absolute atomic E-state index is 0.252. The highest BCUT2D eigenvalue weighted by Crippen LogP contribution is 2.22. The lowest BCUT2D eigenvalue weighted by Gasteiger charge is -2.18. The van der Waals surface area contributed by atoms with E-state index < -0.39 is 0 Å². The Morgan fingerprint density at radius 2 is 1.83 bits per heavy atom. The second-order valence-corrected chi connectivity index (χ2v) is 3.87. The summed E-state index contributed by atoms with van der Waals surface area (Å²) < 4.78 is 13.4. The third kappa shape index (κ3) is 1.60. The quantitative estimate of drug-likeness (QED) is 0.593. The van der Waals surface area contributed by atoms with Crippen LogP contribution in [0.1, 0.15) is 32.2 Å². The molecular formula is C9H13FN2. The molecule has 0 saturated carbocycles. The molecule has 12 heavy (non-hydrogen) atoms. The maximum Gasteiger partial charge on any atom is 0.166 e. The van der Waals surface area contributed by atoms with Crippen LogP contribution in [0.5, 0.6) is 0 Å². The van der Waals surface area contributed by atoms with Crippen LogP contribution >= 0.6 is 0 Å². The van der Waals surface area contributed by atoms with E-state index in [-0.39, 0.29) is 11.2 Å². The van der Waals surface area contributed by atoms with Gasteiger partial charge in [0.05, 0.1) is 11.4 Å². The maximum absolute atomic E-state index is 13.4. The van der Waals surface area contributed by atoms with Crippen LogP contribution in [0, 0.1) is 12.7 Å². The molecular weight excluding hydrogens is 155 g/mol. The number of rotatable bonds is 0. The molecule has 1 rings (SSSR count). The Morgan fingerprint density at radius 3 is 2.25 bits per heavy atom. The van der Waals surface area contributed by atoms with Crippen molar-refractivity contribution < 1.29 is 4.39 Å². The second-order valence-electron chi connectivity index (χ2n) is 3.87. The average molecular weight is 168 g/mol. The summed E-state index contributed by atoms with van der Waals surface area (Å²) in [4.78, 5) is 7.69. The van der Waals surface area contributed by atoms with E-state index in [1.807, 2.05) is 20.8 Å². The summed E-state index contributed by atoms with van der Waals surface area (Å²) in [5.41, 5.74) is 0.641. The zero-order chi connectivity index (χ0) is 9.35. The van der Waals surface area contributed by atoms with Crippen molar-refractivity contribution in [1.82, 2.24) is 9.97 Å². The monoisotopic (exact) mass is 168 g/mol. The lowest BCUT2D eigenvalue weighted by Crippen LogP contribution is -2.17. The summed E-state index contributed by atoms with van der Waals surface area (Å²) in [5, 5.41) is 0. The lowest BCUT2D eigenvalue weighted by atomic mass is 9.91. The summed E-state index contributed by atoms with van der Waals surface area (Å²) in [7, 11) is 0. The Labute approximate surface area is 71.9 Å². The molecule has 0 bridgehead atoms. The predicted molar refractivity (Wildman–Crippen MR) is 45.4 cm³/mol. The van der Waals surface area contributed by atoms with E-state index in [1.165, 1.54) is 6.33 Å². The molecule has 0 amide bonds. The van der Waals surface area contributed by atoms with Crippen molar-refractivity contribution in [3.63, 3.8) is 0 Å². The maximum atomic E-state index is 13.4. The molecule has 1 aromatic rings. The van der Waals surface area contributed by atoms with Gasteiger partial charge in [0.1, 0.15) is 6.33 Å². The summed E-state index contributed by atoms with van der Waals surface area (Å²) in [5.74, 6) is -0.287. The highest BCUT2D eigenvalue weighted by atomic mass is 19.1. The fourth-order valence-corrected chi connectivity index (χ4v) is 0.981. The van der Waals surface area contributed by atoms with Gasteiger partial charge in [0.2, 0.25) is 0 Å². The minimum Gasteiger partial charge on any atom is -0.239 e. The van der Waals surface area contributed by atoms with Crippen molar-refractivity contribution >= 4 is 0 Å². The molecule has 3 heteroatoms. The van der Waals surface area contributed by atoms with Crippen molar-refractivity contribution in [2.24, 2.45) is 0 Å². The molecule has 66 valence electrons. The van der Waals surface area contributed by atoms with E-state index in [2.05, 4.69) is 9.97 Å². The van der Waals surface area contributed by atoms with Gasteiger partial charge in [-0.05, 0) is 6.92 Å². The number of hydrogen-bond donors (Lipinski definition) is 0. The van der Waals surface area contributed by atoms with Crippen molar-refractivity contribution in [3.8, 4) is 0 Å². The zero-order valence-corrected chi connectivity index (χ0v) is 7.85. The van der Waals surface area contributed by atoms with Gasteiger partial charge in [-0.25, -0.2) is 14.4 Å². The van der Waals surface area contributed by atoms with Crippen molar-refractivity contribution in [2.45, 2.75) is 33.1 Å². The van der Waals surface area contributed by atoms with E-state index in [0.29, 0.717) is 11.4 Å². The third-order valence-electron chi connectivity index (χ3n) is 1.67. The zero-order valence-electron chi connectivity index (χ0n) is 7.85. The Morgan fingerprint density at radius 1 is 1.25 bits per heavy atom. The molecule has 0 fully saturated rings. The fraction of sp³-hybridized carbons (Fsp3) is 0.556. The first-order valence-corrected chi connectivity index (χ1v) is 3.90. The van der Waals surface area contributed by atoms with Crippen LogP contribution in [-0.4, -0.2) is 9.97 Å². The lowest BCUT2D eigenvalue weighted by molar-refractivity contribution is 0.492. The van der Waals surface area contributed by atoms with E-state index in [4.69, 9.17) is 0 Å². The highest BCUT2D eigenvalue weighted by Gasteiger charge is 2.21. The molecule has 0 atom stereocenters. The molecule has 0 aliphatic carbocycles. The Bertz CT molecular complexity index is 289. The Balaban J connectivity index is 3.26. The summed E-state index contributed by atoms with van der Waals surface area (Å²) in [6, 6.07) is 0. The third-order valence-corrected chi connectivity index (χ3v) is 1.67. The molecule has 0 spiro atoms. The first kappa shape index (κ1) is 9.10. The van der Waals surface area contributed by atoms with E-state index in [9.17, 15) is 4.39 Å². The molecule has 0 aliphatic heterocycles. The van der Waals surface area contributed by atoms with E-state index >= 15 is 0 Å². The SMILES string of the molecule is Cc1ncnc(C(C)(C)C)c1F. The van der Waals surface area contributed by atoms with Crippen LogP contribution in [0.25, 0.3) is 0 Å². The van der Waals surface area contributed by atoms with Gasteiger partial charge < -0.3 is 0 Å². The van der Waals surface area contributed by atoms with Gasteiger partial charge in [-0.3, -0.25) is 0 Å². The first-order valence-electron chi connectivity index (χ1n) is 3.90. The molecule has 2 nitrogen and oxygen atoms in total. The Hall–Kier alpha value is -0.990. The molecule has 0 saturated heterocycles. The summed E-state index contributed by atoms with van der Waals surface area (Å²) in [6.07, 6.45) is 1.40. The molecule has 1 heterocycles. The molecule has 0 aromatic carbocycles. The van der Waals surface area contributed by atoms with Gasteiger partial charge in [-0.15, -0.1) is 0 Å². The average Bonchev–Trinajstić information content (AvgIpc) is 1.92. The van der Waals surface area contributed by atoms with Gasteiger partial charge in [0.25, 0.3) is 0 Å². The van der Waals surface area contributed by atoms with Crippen LogP contribution in [0.15, 0.2) is 6.33 Å². The number of nitrogens with zero attached hydrogens (tertiary/aromatic N) is 2. The van der Waals surface area contributed by atoms with Crippen LogP contribution in [0.2, 0.25) is 0 Å². The van der Waals surface area contributed by atoms with E-state index in [0.717, 1.165) is 0 Å². The van der Waals surface area contributed by atoms with Crippen LogP contribution in [0.4, 0.5) is 4.39 Å². The molecule has 0 N–H and O–H groups in total. The summed E-state index contributed by atoms with van der Waals surface area (Å²) in [6.45, 7) is 7.43. The van der Waals surface area contributed by atoms with Gasteiger partial charge >= 0.3 is 0 Å². The summed E-state index contributed by atoms with van der Waals surface area (Å²) >= 11 is 0. The first-order chi connectivity index (χ1) is 5.43. The van der Waals surface area contributed by atoms with Gasteiger partial charge in [-0.1, -0.05) is 20.8 Å². The number of halogens is 1. The normalized spacial score (nSPS) is 11.8. The van der Waals surface area contributed by atoms with Crippen molar-refractivity contribution in [2.75, 3.05) is 0 Å².